The molecule has 1 saturated carbocycles. The zero-order valence-electron chi connectivity index (χ0n) is 11.5. The average Bonchev–Trinajstić information content (AvgIpc) is 2.25. The Morgan fingerprint density at radius 1 is 1.25 bits per heavy atom. The van der Waals surface area contributed by atoms with E-state index >= 15 is 0 Å². The van der Waals surface area contributed by atoms with Gasteiger partial charge in [-0.1, -0.05) is 33.1 Å². The van der Waals surface area contributed by atoms with Crippen LogP contribution in [0.5, 0.6) is 0 Å². The Kier molecular flexibility index (Phi) is 5.26. The van der Waals surface area contributed by atoms with E-state index in [2.05, 4.69) is 18.7 Å². The normalized spacial score (nSPS) is 27.4. The van der Waals surface area contributed by atoms with E-state index in [0.29, 0.717) is 6.04 Å². The molecular formula is C14H29NO. The van der Waals surface area contributed by atoms with Crippen molar-refractivity contribution in [3.05, 3.63) is 0 Å². The van der Waals surface area contributed by atoms with Crippen molar-refractivity contribution < 1.29 is 5.11 Å². The zero-order valence-corrected chi connectivity index (χ0v) is 11.5. The van der Waals surface area contributed by atoms with Gasteiger partial charge in [0.05, 0.1) is 5.60 Å². The van der Waals surface area contributed by atoms with E-state index in [1.807, 2.05) is 13.8 Å². The molecule has 0 radical (unpaired) electrons. The molecule has 2 unspecified atom stereocenters. The molecule has 1 N–H and O–H groups in total. The second-order valence-electron chi connectivity index (χ2n) is 5.97. The van der Waals surface area contributed by atoms with Gasteiger partial charge in [-0.05, 0) is 39.2 Å². The van der Waals surface area contributed by atoms with Gasteiger partial charge in [-0.15, -0.1) is 0 Å². The molecular weight excluding hydrogens is 198 g/mol. The minimum atomic E-state index is -0.560. The van der Waals surface area contributed by atoms with E-state index in [4.69, 9.17) is 0 Å². The first-order valence-corrected chi connectivity index (χ1v) is 6.92. The highest BCUT2D eigenvalue weighted by Crippen LogP contribution is 2.30. The van der Waals surface area contributed by atoms with Gasteiger partial charge < -0.3 is 5.11 Å². The van der Waals surface area contributed by atoms with Crippen LogP contribution in [0, 0.1) is 5.92 Å². The summed E-state index contributed by atoms with van der Waals surface area (Å²) in [7, 11) is 0. The van der Waals surface area contributed by atoms with Crippen LogP contribution >= 0.6 is 0 Å². The molecule has 0 saturated heterocycles. The number of rotatable bonds is 5. The lowest BCUT2D eigenvalue weighted by atomic mass is 9.83. The molecule has 1 aliphatic carbocycles. The Labute approximate surface area is 101 Å². The number of hydrogen-bond donors (Lipinski definition) is 1. The largest absolute Gasteiger partial charge is 0.389 e. The van der Waals surface area contributed by atoms with Gasteiger partial charge >= 0.3 is 0 Å². The molecule has 2 nitrogen and oxygen atoms in total. The van der Waals surface area contributed by atoms with Crippen molar-refractivity contribution in [3.63, 3.8) is 0 Å². The molecule has 0 spiro atoms. The topological polar surface area (TPSA) is 23.5 Å². The fraction of sp³-hybridized carbons (Fsp3) is 1.00. The van der Waals surface area contributed by atoms with Crippen molar-refractivity contribution in [2.75, 3.05) is 13.1 Å². The predicted molar refractivity (Wildman–Crippen MR) is 69.6 cm³/mol. The van der Waals surface area contributed by atoms with Gasteiger partial charge in [-0.3, -0.25) is 4.90 Å². The van der Waals surface area contributed by atoms with Gasteiger partial charge in [0.25, 0.3) is 0 Å². The first-order valence-electron chi connectivity index (χ1n) is 6.92. The second kappa shape index (κ2) is 6.02. The minimum Gasteiger partial charge on any atom is -0.389 e. The molecule has 0 bridgehead atoms. The third-order valence-electron chi connectivity index (χ3n) is 3.85. The lowest BCUT2D eigenvalue weighted by Gasteiger charge is -2.39. The van der Waals surface area contributed by atoms with E-state index in [1.165, 1.54) is 32.1 Å². The third-order valence-corrected chi connectivity index (χ3v) is 3.85. The summed E-state index contributed by atoms with van der Waals surface area (Å²) in [5, 5.41) is 9.93. The Bertz CT molecular complexity index is 197. The Morgan fingerprint density at radius 3 is 2.44 bits per heavy atom. The van der Waals surface area contributed by atoms with Gasteiger partial charge in [0, 0.05) is 12.6 Å². The molecule has 1 rings (SSSR count). The number of aliphatic hydroxyl groups is 1. The van der Waals surface area contributed by atoms with Crippen molar-refractivity contribution in [3.8, 4) is 0 Å². The molecule has 96 valence electrons. The minimum absolute atomic E-state index is 0.560. The van der Waals surface area contributed by atoms with E-state index in [1.54, 1.807) is 0 Å². The fourth-order valence-corrected chi connectivity index (χ4v) is 2.96. The highest BCUT2D eigenvalue weighted by atomic mass is 16.3. The molecule has 0 heterocycles. The monoisotopic (exact) mass is 227 g/mol. The van der Waals surface area contributed by atoms with E-state index in [9.17, 15) is 5.11 Å². The summed E-state index contributed by atoms with van der Waals surface area (Å²) < 4.78 is 0. The van der Waals surface area contributed by atoms with Crippen LogP contribution < -0.4 is 0 Å². The maximum Gasteiger partial charge on any atom is 0.0718 e. The van der Waals surface area contributed by atoms with Crippen molar-refractivity contribution >= 4 is 0 Å². The SMILES string of the molecule is CCC1CCCC(N(CC)CC(C)(C)O)C1. The lowest BCUT2D eigenvalue weighted by molar-refractivity contribution is 0.0112. The quantitative estimate of drug-likeness (QED) is 0.780. The highest BCUT2D eigenvalue weighted by molar-refractivity contribution is 4.82. The lowest BCUT2D eigenvalue weighted by Crippen LogP contribution is -2.46. The van der Waals surface area contributed by atoms with Crippen LogP contribution in [0.15, 0.2) is 0 Å². The maximum absolute atomic E-state index is 9.93. The molecule has 2 atom stereocenters. The number of nitrogens with zero attached hydrogens (tertiary/aromatic N) is 1. The van der Waals surface area contributed by atoms with Gasteiger partial charge in [0.2, 0.25) is 0 Å². The van der Waals surface area contributed by atoms with Crippen molar-refractivity contribution in [1.29, 1.82) is 0 Å². The molecule has 0 aliphatic heterocycles. The van der Waals surface area contributed by atoms with Crippen molar-refractivity contribution in [2.24, 2.45) is 5.92 Å². The first-order chi connectivity index (χ1) is 7.46. The van der Waals surface area contributed by atoms with Crippen LogP contribution in [0.1, 0.15) is 59.8 Å². The van der Waals surface area contributed by atoms with Crippen LogP contribution in [-0.2, 0) is 0 Å². The summed E-state index contributed by atoms with van der Waals surface area (Å²) in [5.41, 5.74) is -0.560. The zero-order chi connectivity index (χ0) is 12.2. The van der Waals surface area contributed by atoms with Crippen LogP contribution in [0.4, 0.5) is 0 Å². The van der Waals surface area contributed by atoms with Crippen molar-refractivity contribution in [2.45, 2.75) is 71.4 Å². The summed E-state index contributed by atoms with van der Waals surface area (Å²) >= 11 is 0. The molecule has 0 aromatic rings. The smallest absolute Gasteiger partial charge is 0.0718 e. The molecule has 16 heavy (non-hydrogen) atoms. The van der Waals surface area contributed by atoms with Gasteiger partial charge in [0.15, 0.2) is 0 Å². The Balaban J connectivity index is 2.51. The van der Waals surface area contributed by atoms with Gasteiger partial charge in [-0.25, -0.2) is 0 Å². The van der Waals surface area contributed by atoms with Gasteiger partial charge in [-0.2, -0.15) is 0 Å². The summed E-state index contributed by atoms with van der Waals surface area (Å²) in [6.07, 6.45) is 6.75. The van der Waals surface area contributed by atoms with Crippen LogP contribution in [0.2, 0.25) is 0 Å². The predicted octanol–water partition coefficient (Wildman–Crippen LogP) is 3.05. The maximum atomic E-state index is 9.93. The van der Waals surface area contributed by atoms with E-state index < -0.39 is 5.60 Å². The fourth-order valence-electron chi connectivity index (χ4n) is 2.96. The van der Waals surface area contributed by atoms with Crippen molar-refractivity contribution in [1.82, 2.24) is 4.90 Å². The molecule has 2 heteroatoms. The van der Waals surface area contributed by atoms with Gasteiger partial charge in [0.1, 0.15) is 0 Å². The molecule has 0 aromatic carbocycles. The first kappa shape index (κ1) is 14.0. The average molecular weight is 227 g/mol. The standard InChI is InChI=1S/C14H29NO/c1-5-12-8-7-9-13(10-12)15(6-2)11-14(3,4)16/h12-13,16H,5-11H2,1-4H3. The highest BCUT2D eigenvalue weighted by Gasteiger charge is 2.28. The summed E-state index contributed by atoms with van der Waals surface area (Å²) in [4.78, 5) is 2.47. The molecule has 1 fully saturated rings. The third kappa shape index (κ3) is 4.42. The summed E-state index contributed by atoms with van der Waals surface area (Å²) in [6.45, 7) is 10.2. The van der Waals surface area contributed by atoms with Crippen LogP contribution in [-0.4, -0.2) is 34.7 Å². The Hall–Kier alpha value is -0.0800. The molecule has 0 amide bonds. The van der Waals surface area contributed by atoms with Crippen LogP contribution in [0.3, 0.4) is 0 Å². The Morgan fingerprint density at radius 2 is 1.94 bits per heavy atom. The second-order valence-corrected chi connectivity index (χ2v) is 5.97. The molecule has 1 aliphatic rings. The number of likely N-dealkylation sites (N-methyl/N-ethyl adjacent to an activating group) is 1. The van der Waals surface area contributed by atoms with E-state index in [0.717, 1.165) is 19.0 Å². The summed E-state index contributed by atoms with van der Waals surface area (Å²) in [5.74, 6) is 0.912. The molecule has 0 aromatic heterocycles. The number of hydrogen-bond acceptors (Lipinski definition) is 2. The van der Waals surface area contributed by atoms with E-state index in [-0.39, 0.29) is 0 Å². The summed E-state index contributed by atoms with van der Waals surface area (Å²) in [6, 6.07) is 0.704. The van der Waals surface area contributed by atoms with Crippen LogP contribution in [0.25, 0.3) is 0 Å².